The molecule has 1 aliphatic rings. The molecule has 1 aromatic heterocycles. The van der Waals surface area contributed by atoms with E-state index < -0.39 is 0 Å². The lowest BCUT2D eigenvalue weighted by molar-refractivity contribution is 0.218. The molecule has 2 amide bonds. The summed E-state index contributed by atoms with van der Waals surface area (Å²) in [5.74, 6) is 0. The van der Waals surface area contributed by atoms with E-state index in [1.165, 1.54) is 10.4 Å². The van der Waals surface area contributed by atoms with Crippen molar-refractivity contribution < 1.29 is 4.79 Å². The molecule has 0 aliphatic carbocycles. The van der Waals surface area contributed by atoms with Crippen LogP contribution >= 0.6 is 11.3 Å². The highest BCUT2D eigenvalue weighted by Crippen LogP contribution is 2.30. The van der Waals surface area contributed by atoms with E-state index in [9.17, 15) is 4.79 Å². The first-order valence-electron chi connectivity index (χ1n) is 6.54. The molecule has 0 bridgehead atoms. The number of urea groups is 1. The van der Waals surface area contributed by atoms with E-state index in [0.717, 1.165) is 11.3 Å². The Labute approximate surface area is 122 Å². The first kappa shape index (κ1) is 13.1. The fraction of sp³-hybridized carbons (Fsp3) is 0.267. The number of hydrogen-bond acceptors (Lipinski definition) is 3. The van der Waals surface area contributed by atoms with Gasteiger partial charge in [-0.25, -0.2) is 4.79 Å². The van der Waals surface area contributed by atoms with Crippen molar-refractivity contribution in [3.8, 4) is 0 Å². The summed E-state index contributed by atoms with van der Waals surface area (Å²) in [5, 5.41) is 8.34. The lowest BCUT2D eigenvalue weighted by atomic mass is 10.00. The van der Waals surface area contributed by atoms with E-state index in [-0.39, 0.29) is 12.1 Å². The molecule has 3 rings (SSSR count). The van der Waals surface area contributed by atoms with Crippen LogP contribution in [0.4, 0.5) is 10.5 Å². The van der Waals surface area contributed by atoms with Gasteiger partial charge in [0.1, 0.15) is 0 Å². The van der Waals surface area contributed by atoms with Crippen molar-refractivity contribution in [2.24, 2.45) is 0 Å². The number of carbonyl (C=O) groups excluding carboxylic acids is 1. The van der Waals surface area contributed by atoms with Gasteiger partial charge in [0.05, 0.1) is 6.04 Å². The van der Waals surface area contributed by atoms with Crippen molar-refractivity contribution >= 4 is 23.1 Å². The summed E-state index contributed by atoms with van der Waals surface area (Å²) in [5.41, 5.74) is 3.29. The van der Waals surface area contributed by atoms with Gasteiger partial charge >= 0.3 is 6.03 Å². The average molecular weight is 287 g/mol. The molecule has 1 aliphatic heterocycles. The summed E-state index contributed by atoms with van der Waals surface area (Å²) in [6, 6.07) is 10.6. The number of hydrogen-bond donors (Lipinski definition) is 2. The predicted molar refractivity (Wildman–Crippen MR) is 82.1 cm³/mol. The maximum Gasteiger partial charge on any atom is 0.321 e. The summed E-state index contributed by atoms with van der Waals surface area (Å²) in [7, 11) is 3.78. The standard InChI is InChI=1S/C15H17N3OS/c1-16-14(13-4-3-7-20-13)10-5-6-12-11(8-10)9-18(2)15(19)17-12/h3-8,14,16H,9H2,1-2H3,(H,17,19). The van der Waals surface area contributed by atoms with E-state index in [1.54, 1.807) is 23.3 Å². The highest BCUT2D eigenvalue weighted by Gasteiger charge is 2.21. The van der Waals surface area contributed by atoms with Crippen LogP contribution in [0.5, 0.6) is 0 Å². The van der Waals surface area contributed by atoms with Crippen LogP contribution in [0.15, 0.2) is 35.7 Å². The minimum Gasteiger partial charge on any atom is -0.323 e. The third-order valence-corrected chi connectivity index (χ3v) is 4.51. The van der Waals surface area contributed by atoms with Crippen molar-refractivity contribution in [2.75, 3.05) is 19.4 Å². The monoisotopic (exact) mass is 287 g/mol. The summed E-state index contributed by atoms with van der Waals surface area (Å²) in [6.45, 7) is 0.649. The third kappa shape index (κ3) is 2.30. The van der Waals surface area contributed by atoms with E-state index in [4.69, 9.17) is 0 Å². The van der Waals surface area contributed by atoms with Gasteiger partial charge in [-0.2, -0.15) is 0 Å². The molecule has 104 valence electrons. The van der Waals surface area contributed by atoms with Gasteiger partial charge in [0.25, 0.3) is 0 Å². The molecule has 5 heteroatoms. The first-order valence-corrected chi connectivity index (χ1v) is 7.42. The van der Waals surface area contributed by atoms with Crippen LogP contribution in [0, 0.1) is 0 Å². The smallest absolute Gasteiger partial charge is 0.321 e. The van der Waals surface area contributed by atoms with E-state index in [1.807, 2.05) is 13.1 Å². The Morgan fingerprint density at radius 3 is 2.95 bits per heavy atom. The van der Waals surface area contributed by atoms with Crippen LogP contribution in [0.25, 0.3) is 0 Å². The molecule has 1 aromatic carbocycles. The molecule has 0 saturated heterocycles. The molecule has 0 radical (unpaired) electrons. The zero-order chi connectivity index (χ0) is 14.1. The second kappa shape index (κ2) is 5.26. The number of anilines is 1. The fourth-order valence-corrected chi connectivity index (χ4v) is 3.37. The van der Waals surface area contributed by atoms with Gasteiger partial charge in [-0.15, -0.1) is 11.3 Å². The molecule has 2 heterocycles. The Kier molecular flexibility index (Phi) is 3.46. The number of fused-ring (bicyclic) bond motifs is 1. The van der Waals surface area contributed by atoms with Crippen molar-refractivity contribution in [1.29, 1.82) is 0 Å². The highest BCUT2D eigenvalue weighted by atomic mass is 32.1. The van der Waals surface area contributed by atoms with Crippen LogP contribution in [0.2, 0.25) is 0 Å². The van der Waals surface area contributed by atoms with Gasteiger partial charge in [-0.1, -0.05) is 12.1 Å². The summed E-state index contributed by atoms with van der Waals surface area (Å²) in [4.78, 5) is 14.6. The molecule has 0 spiro atoms. The minimum absolute atomic E-state index is 0.0475. The minimum atomic E-state index is -0.0475. The number of nitrogens with one attached hydrogen (secondary N) is 2. The number of thiophene rings is 1. The van der Waals surface area contributed by atoms with Crippen LogP contribution in [-0.4, -0.2) is 25.0 Å². The molecule has 2 N–H and O–H groups in total. The van der Waals surface area contributed by atoms with Gasteiger partial charge < -0.3 is 15.5 Å². The molecule has 1 unspecified atom stereocenters. The molecule has 0 fully saturated rings. The van der Waals surface area contributed by atoms with Crippen molar-refractivity contribution in [3.63, 3.8) is 0 Å². The second-order valence-corrected chi connectivity index (χ2v) is 5.92. The van der Waals surface area contributed by atoms with Gasteiger partial charge in [0.2, 0.25) is 0 Å². The molecule has 20 heavy (non-hydrogen) atoms. The molecule has 4 nitrogen and oxygen atoms in total. The highest BCUT2D eigenvalue weighted by molar-refractivity contribution is 7.10. The van der Waals surface area contributed by atoms with Crippen molar-refractivity contribution in [1.82, 2.24) is 10.2 Å². The second-order valence-electron chi connectivity index (χ2n) is 4.94. The SMILES string of the molecule is CNC(c1ccc2c(c1)CN(C)C(=O)N2)c1cccs1. The predicted octanol–water partition coefficient (Wildman–Crippen LogP) is 3.03. The molecular formula is C15H17N3OS. The van der Waals surface area contributed by atoms with Crippen LogP contribution < -0.4 is 10.6 Å². The van der Waals surface area contributed by atoms with Gasteiger partial charge in [0, 0.05) is 24.2 Å². The summed E-state index contributed by atoms with van der Waals surface area (Å²) >= 11 is 1.75. The zero-order valence-corrected chi connectivity index (χ0v) is 12.3. The molecule has 0 saturated carbocycles. The largest absolute Gasteiger partial charge is 0.323 e. The van der Waals surface area contributed by atoms with E-state index in [2.05, 4.69) is 40.3 Å². The Bertz CT molecular complexity index is 624. The summed E-state index contributed by atoms with van der Waals surface area (Å²) < 4.78 is 0. The lowest BCUT2D eigenvalue weighted by Crippen LogP contribution is -2.35. The Hall–Kier alpha value is -1.85. The summed E-state index contributed by atoms with van der Waals surface area (Å²) in [6.07, 6.45) is 0. The maximum atomic E-state index is 11.6. The van der Waals surface area contributed by atoms with Crippen molar-refractivity contribution in [3.05, 3.63) is 51.7 Å². The maximum absolute atomic E-state index is 11.6. The van der Waals surface area contributed by atoms with E-state index in [0.29, 0.717) is 6.54 Å². The molecule has 1 atom stereocenters. The number of rotatable bonds is 3. The fourth-order valence-electron chi connectivity index (χ4n) is 2.51. The Morgan fingerprint density at radius 2 is 2.25 bits per heavy atom. The van der Waals surface area contributed by atoms with Gasteiger partial charge in [0.15, 0.2) is 0 Å². The lowest BCUT2D eigenvalue weighted by Gasteiger charge is -2.27. The quantitative estimate of drug-likeness (QED) is 0.911. The average Bonchev–Trinajstić information content (AvgIpc) is 2.95. The van der Waals surface area contributed by atoms with Crippen molar-refractivity contribution in [2.45, 2.75) is 12.6 Å². The number of nitrogens with zero attached hydrogens (tertiary/aromatic N) is 1. The number of carbonyl (C=O) groups is 1. The Balaban J connectivity index is 1.96. The number of benzene rings is 1. The normalized spacial score (nSPS) is 15.7. The Morgan fingerprint density at radius 1 is 1.40 bits per heavy atom. The van der Waals surface area contributed by atoms with Crippen LogP contribution in [0.1, 0.15) is 22.0 Å². The third-order valence-electron chi connectivity index (χ3n) is 3.57. The number of amides is 2. The van der Waals surface area contributed by atoms with Crippen LogP contribution in [-0.2, 0) is 6.54 Å². The molecular weight excluding hydrogens is 270 g/mol. The van der Waals surface area contributed by atoms with E-state index >= 15 is 0 Å². The van der Waals surface area contributed by atoms with Crippen LogP contribution in [0.3, 0.4) is 0 Å². The topological polar surface area (TPSA) is 44.4 Å². The zero-order valence-electron chi connectivity index (χ0n) is 11.5. The van der Waals surface area contributed by atoms with Gasteiger partial charge in [-0.3, -0.25) is 0 Å². The first-order chi connectivity index (χ1) is 9.69. The molecule has 2 aromatic rings. The van der Waals surface area contributed by atoms with Gasteiger partial charge in [-0.05, 0) is 41.8 Å².